The van der Waals surface area contributed by atoms with Crippen LogP contribution in [0.2, 0.25) is 0 Å². The molecule has 0 aliphatic rings. The molecule has 0 spiro atoms. The zero-order chi connectivity index (χ0) is 14.1. The summed E-state index contributed by atoms with van der Waals surface area (Å²) in [6.07, 6.45) is 6.39. The lowest BCUT2D eigenvalue weighted by molar-refractivity contribution is 0.369. The number of hydrogen-bond acceptors (Lipinski definition) is 2. The van der Waals surface area contributed by atoms with Crippen molar-refractivity contribution in [2.24, 2.45) is 5.92 Å². The van der Waals surface area contributed by atoms with Gasteiger partial charge in [0.15, 0.2) is 0 Å². The first-order valence-electron chi connectivity index (χ1n) is 7.02. The normalized spacial score (nSPS) is 10.9. The lowest BCUT2D eigenvalue weighted by Gasteiger charge is -2.13. The second-order valence-electron chi connectivity index (χ2n) is 5.54. The van der Waals surface area contributed by atoms with Gasteiger partial charge in [-0.25, -0.2) is 0 Å². The predicted molar refractivity (Wildman–Crippen MR) is 83.0 cm³/mol. The molecule has 1 rings (SSSR count). The molecule has 0 atom stereocenters. The smallest absolute Gasteiger partial charge is 0.0599 e. The van der Waals surface area contributed by atoms with Crippen LogP contribution < -0.4 is 5.32 Å². The van der Waals surface area contributed by atoms with Gasteiger partial charge in [-0.05, 0) is 43.6 Å². The van der Waals surface area contributed by atoms with Crippen LogP contribution in [0.15, 0.2) is 24.3 Å². The Balaban J connectivity index is 2.33. The molecule has 2 nitrogen and oxygen atoms in total. The quantitative estimate of drug-likeness (QED) is 0.569. The minimum atomic E-state index is 0.695. The molecule has 0 saturated carbocycles. The predicted octanol–water partition coefficient (Wildman–Crippen LogP) is 2.54. The summed E-state index contributed by atoms with van der Waals surface area (Å²) in [6.45, 7) is 8.21. The Hall–Kier alpha value is -1.30. The number of terminal acetylenes is 1. The zero-order valence-corrected chi connectivity index (χ0v) is 12.4. The summed E-state index contributed by atoms with van der Waals surface area (Å²) in [5.74, 6) is 3.38. The van der Waals surface area contributed by atoms with E-state index in [4.69, 9.17) is 6.42 Å². The standard InChI is InChI=1S/C17H26N2/c1-5-12-19(4)14-17-8-6-16(7-9-17)10-11-18-13-15(2)3/h1,6-9,15,18H,10-14H2,2-4H3. The summed E-state index contributed by atoms with van der Waals surface area (Å²) in [6, 6.07) is 8.84. The van der Waals surface area contributed by atoms with E-state index in [-0.39, 0.29) is 0 Å². The van der Waals surface area contributed by atoms with Crippen molar-refractivity contribution >= 4 is 0 Å². The van der Waals surface area contributed by atoms with E-state index in [9.17, 15) is 0 Å². The van der Waals surface area contributed by atoms with Gasteiger partial charge in [0.1, 0.15) is 0 Å². The first kappa shape index (κ1) is 15.8. The number of nitrogens with one attached hydrogen (secondary N) is 1. The molecule has 0 unspecified atom stereocenters. The number of hydrogen-bond donors (Lipinski definition) is 1. The van der Waals surface area contributed by atoms with Gasteiger partial charge >= 0.3 is 0 Å². The summed E-state index contributed by atoms with van der Waals surface area (Å²) in [5.41, 5.74) is 2.70. The van der Waals surface area contributed by atoms with Gasteiger partial charge in [0, 0.05) is 6.54 Å². The van der Waals surface area contributed by atoms with Crippen molar-refractivity contribution in [3.8, 4) is 12.3 Å². The van der Waals surface area contributed by atoms with Gasteiger partial charge < -0.3 is 5.32 Å². The summed E-state index contributed by atoms with van der Waals surface area (Å²) in [5, 5.41) is 3.47. The molecule has 2 heteroatoms. The van der Waals surface area contributed by atoms with Crippen LogP contribution in [0.1, 0.15) is 25.0 Å². The molecule has 0 fully saturated rings. The van der Waals surface area contributed by atoms with E-state index in [2.05, 4.69) is 54.3 Å². The molecular weight excluding hydrogens is 232 g/mol. The summed E-state index contributed by atoms with van der Waals surface area (Å²) in [7, 11) is 2.05. The molecule has 104 valence electrons. The van der Waals surface area contributed by atoms with E-state index in [0.29, 0.717) is 12.5 Å². The van der Waals surface area contributed by atoms with Crippen LogP contribution in [-0.2, 0) is 13.0 Å². The van der Waals surface area contributed by atoms with Gasteiger partial charge in [-0.1, -0.05) is 44.0 Å². The molecule has 0 saturated heterocycles. The minimum absolute atomic E-state index is 0.695. The van der Waals surface area contributed by atoms with Gasteiger partial charge in [-0.15, -0.1) is 6.42 Å². The fraction of sp³-hybridized carbons (Fsp3) is 0.529. The largest absolute Gasteiger partial charge is 0.316 e. The van der Waals surface area contributed by atoms with E-state index >= 15 is 0 Å². The molecule has 0 aliphatic heterocycles. The third kappa shape index (κ3) is 7.00. The first-order chi connectivity index (χ1) is 9.11. The van der Waals surface area contributed by atoms with Crippen molar-refractivity contribution < 1.29 is 0 Å². The molecule has 1 N–H and O–H groups in total. The van der Waals surface area contributed by atoms with E-state index < -0.39 is 0 Å². The number of rotatable bonds is 8. The van der Waals surface area contributed by atoms with Crippen molar-refractivity contribution in [1.82, 2.24) is 10.2 Å². The Morgan fingerprint density at radius 3 is 2.42 bits per heavy atom. The fourth-order valence-electron chi connectivity index (χ4n) is 1.96. The van der Waals surface area contributed by atoms with Crippen molar-refractivity contribution in [2.75, 3.05) is 26.7 Å². The summed E-state index contributed by atoms with van der Waals surface area (Å²) in [4.78, 5) is 2.14. The van der Waals surface area contributed by atoms with Gasteiger partial charge in [0.25, 0.3) is 0 Å². The molecule has 0 amide bonds. The lowest BCUT2D eigenvalue weighted by Crippen LogP contribution is -2.22. The highest BCUT2D eigenvalue weighted by molar-refractivity contribution is 5.22. The Kier molecular flexibility index (Phi) is 7.25. The van der Waals surface area contributed by atoms with Gasteiger partial charge in [0.05, 0.1) is 6.54 Å². The Morgan fingerprint density at radius 1 is 1.21 bits per heavy atom. The lowest BCUT2D eigenvalue weighted by atomic mass is 10.1. The highest BCUT2D eigenvalue weighted by Gasteiger charge is 1.99. The molecule has 0 aromatic heterocycles. The van der Waals surface area contributed by atoms with Crippen LogP contribution in [0.5, 0.6) is 0 Å². The van der Waals surface area contributed by atoms with E-state index in [1.165, 1.54) is 11.1 Å². The summed E-state index contributed by atoms with van der Waals surface area (Å²) >= 11 is 0. The second kappa shape index (κ2) is 8.74. The molecule has 0 bridgehead atoms. The van der Waals surface area contributed by atoms with E-state index in [1.54, 1.807) is 0 Å². The van der Waals surface area contributed by atoms with Crippen molar-refractivity contribution in [3.63, 3.8) is 0 Å². The van der Waals surface area contributed by atoms with Crippen LogP contribution in [0.4, 0.5) is 0 Å². The maximum absolute atomic E-state index is 5.30. The van der Waals surface area contributed by atoms with Crippen LogP contribution in [0.25, 0.3) is 0 Å². The number of benzene rings is 1. The van der Waals surface area contributed by atoms with Crippen molar-refractivity contribution in [1.29, 1.82) is 0 Å². The third-order valence-electron chi connectivity index (χ3n) is 2.98. The molecular formula is C17H26N2. The fourth-order valence-corrected chi connectivity index (χ4v) is 1.96. The van der Waals surface area contributed by atoms with E-state index in [0.717, 1.165) is 26.1 Å². The molecule has 1 aromatic rings. The monoisotopic (exact) mass is 258 g/mol. The molecule has 0 heterocycles. The van der Waals surface area contributed by atoms with Crippen molar-refractivity contribution in [2.45, 2.75) is 26.8 Å². The topological polar surface area (TPSA) is 15.3 Å². The Morgan fingerprint density at radius 2 is 1.84 bits per heavy atom. The average molecular weight is 258 g/mol. The number of nitrogens with zero attached hydrogens (tertiary/aromatic N) is 1. The first-order valence-corrected chi connectivity index (χ1v) is 7.02. The molecule has 1 aromatic carbocycles. The van der Waals surface area contributed by atoms with Gasteiger partial charge in [0.2, 0.25) is 0 Å². The summed E-state index contributed by atoms with van der Waals surface area (Å²) < 4.78 is 0. The van der Waals surface area contributed by atoms with Crippen molar-refractivity contribution in [3.05, 3.63) is 35.4 Å². The van der Waals surface area contributed by atoms with Gasteiger partial charge in [-0.2, -0.15) is 0 Å². The van der Waals surface area contributed by atoms with E-state index in [1.807, 2.05) is 7.05 Å². The highest BCUT2D eigenvalue weighted by Crippen LogP contribution is 2.07. The van der Waals surface area contributed by atoms with Crippen LogP contribution in [-0.4, -0.2) is 31.6 Å². The maximum atomic E-state index is 5.30. The average Bonchev–Trinajstić information content (AvgIpc) is 2.36. The SMILES string of the molecule is C#CCN(C)Cc1ccc(CCNCC(C)C)cc1. The Labute approximate surface area is 118 Å². The third-order valence-corrected chi connectivity index (χ3v) is 2.98. The second-order valence-corrected chi connectivity index (χ2v) is 5.54. The Bertz CT molecular complexity index is 387. The molecule has 0 aliphatic carbocycles. The van der Waals surface area contributed by atoms with Crippen LogP contribution >= 0.6 is 0 Å². The zero-order valence-electron chi connectivity index (χ0n) is 12.4. The van der Waals surface area contributed by atoms with Gasteiger partial charge in [-0.3, -0.25) is 4.90 Å². The minimum Gasteiger partial charge on any atom is -0.316 e. The van der Waals surface area contributed by atoms with Crippen LogP contribution in [0.3, 0.4) is 0 Å². The van der Waals surface area contributed by atoms with Crippen LogP contribution in [0, 0.1) is 18.3 Å². The highest BCUT2D eigenvalue weighted by atomic mass is 15.1. The molecule has 0 radical (unpaired) electrons. The maximum Gasteiger partial charge on any atom is 0.0599 e. The molecule has 19 heavy (non-hydrogen) atoms.